The topological polar surface area (TPSA) is 64.6 Å². The number of piperazine rings is 1. The fourth-order valence-electron chi connectivity index (χ4n) is 3.04. The molecule has 0 atom stereocenters. The SMILES string of the molecule is CN1CCN(c2ncc3c(n2)N(c2ccc(F)cc2)C(=O)NC3)CC1. The lowest BCUT2D eigenvalue weighted by Crippen LogP contribution is -2.46. The van der Waals surface area contributed by atoms with Gasteiger partial charge in [0.2, 0.25) is 5.95 Å². The van der Waals surface area contributed by atoms with Crippen LogP contribution in [0.1, 0.15) is 5.56 Å². The normalized spacial score (nSPS) is 18.1. The molecule has 0 unspecified atom stereocenters. The minimum Gasteiger partial charge on any atom is -0.338 e. The highest BCUT2D eigenvalue weighted by molar-refractivity contribution is 6.00. The van der Waals surface area contributed by atoms with Crippen molar-refractivity contribution in [3.8, 4) is 0 Å². The van der Waals surface area contributed by atoms with Crippen LogP contribution in [-0.2, 0) is 6.54 Å². The van der Waals surface area contributed by atoms with Gasteiger partial charge in [-0.05, 0) is 31.3 Å². The number of likely N-dealkylation sites (N-methyl/N-ethyl adjacent to an activating group) is 1. The third-order valence-corrected chi connectivity index (χ3v) is 4.54. The first-order chi connectivity index (χ1) is 12.1. The largest absolute Gasteiger partial charge is 0.338 e. The zero-order valence-electron chi connectivity index (χ0n) is 13.9. The lowest BCUT2D eigenvalue weighted by Gasteiger charge is -2.34. The summed E-state index contributed by atoms with van der Waals surface area (Å²) in [6, 6.07) is 5.53. The van der Waals surface area contributed by atoms with Crippen LogP contribution >= 0.6 is 0 Å². The molecular formula is C17H19FN6O. The number of nitrogens with zero attached hydrogens (tertiary/aromatic N) is 5. The number of anilines is 3. The predicted octanol–water partition coefficient (Wildman–Crippen LogP) is 1.73. The maximum absolute atomic E-state index is 13.2. The molecule has 1 aromatic heterocycles. The van der Waals surface area contributed by atoms with E-state index >= 15 is 0 Å². The van der Waals surface area contributed by atoms with Gasteiger partial charge in [-0.2, -0.15) is 4.98 Å². The van der Waals surface area contributed by atoms with Crippen molar-refractivity contribution in [2.24, 2.45) is 0 Å². The van der Waals surface area contributed by atoms with Crippen molar-refractivity contribution in [3.63, 3.8) is 0 Å². The van der Waals surface area contributed by atoms with Crippen molar-refractivity contribution in [1.29, 1.82) is 0 Å². The van der Waals surface area contributed by atoms with Crippen molar-refractivity contribution in [1.82, 2.24) is 20.2 Å². The molecule has 2 aliphatic rings. The van der Waals surface area contributed by atoms with E-state index < -0.39 is 0 Å². The molecule has 0 spiro atoms. The molecule has 1 saturated heterocycles. The monoisotopic (exact) mass is 342 g/mol. The number of fused-ring (bicyclic) bond motifs is 1. The van der Waals surface area contributed by atoms with E-state index in [9.17, 15) is 9.18 Å². The Bertz CT molecular complexity index is 788. The van der Waals surface area contributed by atoms with Crippen molar-refractivity contribution in [2.75, 3.05) is 43.0 Å². The number of halogens is 1. The highest BCUT2D eigenvalue weighted by atomic mass is 19.1. The van der Waals surface area contributed by atoms with Crippen LogP contribution in [0.5, 0.6) is 0 Å². The molecule has 130 valence electrons. The summed E-state index contributed by atoms with van der Waals surface area (Å²) in [4.78, 5) is 27.4. The van der Waals surface area contributed by atoms with Crippen LogP contribution < -0.4 is 15.1 Å². The molecule has 1 fully saturated rings. The summed E-state index contributed by atoms with van der Waals surface area (Å²) in [7, 11) is 2.09. The molecule has 3 heterocycles. The Hall–Kier alpha value is -2.74. The van der Waals surface area contributed by atoms with Crippen molar-refractivity contribution in [3.05, 3.63) is 41.8 Å². The van der Waals surface area contributed by atoms with Crippen LogP contribution in [0.15, 0.2) is 30.5 Å². The first kappa shape index (κ1) is 15.8. The quantitative estimate of drug-likeness (QED) is 0.900. The van der Waals surface area contributed by atoms with Gasteiger partial charge in [-0.1, -0.05) is 0 Å². The van der Waals surface area contributed by atoms with Crippen molar-refractivity contribution in [2.45, 2.75) is 6.54 Å². The molecule has 0 aliphatic carbocycles. The molecule has 2 amide bonds. The highest BCUT2D eigenvalue weighted by Crippen LogP contribution is 2.31. The molecule has 7 nitrogen and oxygen atoms in total. The van der Waals surface area contributed by atoms with Gasteiger partial charge >= 0.3 is 6.03 Å². The van der Waals surface area contributed by atoms with E-state index in [1.54, 1.807) is 18.3 Å². The number of benzene rings is 1. The van der Waals surface area contributed by atoms with Crippen molar-refractivity contribution >= 4 is 23.5 Å². The number of hydrogen-bond donors (Lipinski definition) is 1. The van der Waals surface area contributed by atoms with Gasteiger partial charge in [-0.15, -0.1) is 0 Å². The molecule has 25 heavy (non-hydrogen) atoms. The van der Waals surface area contributed by atoms with Crippen LogP contribution in [0, 0.1) is 5.82 Å². The zero-order chi connectivity index (χ0) is 17.4. The van der Waals surface area contributed by atoms with Gasteiger partial charge in [0.25, 0.3) is 0 Å². The first-order valence-corrected chi connectivity index (χ1v) is 8.25. The van der Waals surface area contributed by atoms with Gasteiger partial charge in [0.1, 0.15) is 5.82 Å². The van der Waals surface area contributed by atoms with Gasteiger partial charge in [0.05, 0.1) is 5.69 Å². The highest BCUT2D eigenvalue weighted by Gasteiger charge is 2.28. The van der Waals surface area contributed by atoms with Crippen molar-refractivity contribution < 1.29 is 9.18 Å². The van der Waals surface area contributed by atoms with E-state index in [0.717, 1.165) is 31.7 Å². The van der Waals surface area contributed by atoms with Crippen LogP contribution in [-0.4, -0.2) is 54.1 Å². The number of nitrogens with one attached hydrogen (secondary N) is 1. The number of carbonyl (C=O) groups is 1. The molecule has 8 heteroatoms. The Morgan fingerprint density at radius 2 is 1.84 bits per heavy atom. The number of rotatable bonds is 2. The molecule has 2 aliphatic heterocycles. The summed E-state index contributed by atoms with van der Waals surface area (Å²) < 4.78 is 13.2. The minimum absolute atomic E-state index is 0.276. The van der Waals surface area contributed by atoms with Gasteiger partial charge in [0, 0.05) is 44.5 Å². The Morgan fingerprint density at radius 1 is 1.12 bits per heavy atom. The van der Waals surface area contributed by atoms with E-state index in [2.05, 4.69) is 32.1 Å². The van der Waals surface area contributed by atoms with Crippen LogP contribution in [0.25, 0.3) is 0 Å². The summed E-state index contributed by atoms with van der Waals surface area (Å²) in [5.41, 5.74) is 1.41. The molecule has 1 N–H and O–H groups in total. The molecule has 0 saturated carbocycles. The zero-order valence-corrected chi connectivity index (χ0v) is 13.9. The van der Waals surface area contributed by atoms with E-state index in [1.807, 2.05) is 0 Å². The predicted molar refractivity (Wildman–Crippen MR) is 92.5 cm³/mol. The summed E-state index contributed by atoms with van der Waals surface area (Å²) in [6.07, 6.45) is 1.76. The molecule has 1 aromatic carbocycles. The number of carbonyl (C=O) groups excluding carboxylic acids is 1. The lowest BCUT2D eigenvalue weighted by atomic mass is 10.2. The van der Waals surface area contributed by atoms with Gasteiger partial charge in [-0.25, -0.2) is 19.1 Å². The number of aromatic nitrogens is 2. The maximum Gasteiger partial charge on any atom is 0.327 e. The third-order valence-electron chi connectivity index (χ3n) is 4.54. The van der Waals surface area contributed by atoms with Gasteiger partial charge in [-0.3, -0.25) is 0 Å². The molecular weight excluding hydrogens is 323 g/mol. The summed E-state index contributed by atoms with van der Waals surface area (Å²) in [6.45, 7) is 3.97. The Labute approximate surface area is 145 Å². The smallest absolute Gasteiger partial charge is 0.327 e. The average molecular weight is 342 g/mol. The fourth-order valence-corrected chi connectivity index (χ4v) is 3.04. The molecule has 0 bridgehead atoms. The molecule has 2 aromatic rings. The average Bonchev–Trinajstić information content (AvgIpc) is 2.63. The maximum atomic E-state index is 13.2. The fraction of sp³-hybridized carbons (Fsp3) is 0.353. The summed E-state index contributed by atoms with van der Waals surface area (Å²) in [5.74, 6) is 0.829. The Balaban J connectivity index is 1.70. The van der Waals surface area contributed by atoms with Gasteiger partial charge < -0.3 is 15.1 Å². The second kappa shape index (κ2) is 6.29. The van der Waals surface area contributed by atoms with Gasteiger partial charge in [0.15, 0.2) is 5.82 Å². The number of amides is 2. The van der Waals surface area contributed by atoms with E-state index in [4.69, 9.17) is 0 Å². The lowest BCUT2D eigenvalue weighted by molar-refractivity contribution is 0.246. The Kier molecular flexibility index (Phi) is 3.96. The van der Waals surface area contributed by atoms with E-state index in [0.29, 0.717) is 24.0 Å². The molecule has 4 rings (SSSR count). The van der Waals surface area contributed by atoms with E-state index in [-0.39, 0.29) is 11.8 Å². The Morgan fingerprint density at radius 3 is 2.56 bits per heavy atom. The van der Waals surface area contributed by atoms with Crippen LogP contribution in [0.2, 0.25) is 0 Å². The van der Waals surface area contributed by atoms with Crippen LogP contribution in [0.3, 0.4) is 0 Å². The molecule has 0 radical (unpaired) electrons. The van der Waals surface area contributed by atoms with Crippen LogP contribution in [0.4, 0.5) is 26.6 Å². The summed E-state index contributed by atoms with van der Waals surface area (Å²) in [5, 5.41) is 2.80. The second-order valence-electron chi connectivity index (χ2n) is 6.28. The van der Waals surface area contributed by atoms with E-state index in [1.165, 1.54) is 17.0 Å². The minimum atomic E-state index is -0.345. The first-order valence-electron chi connectivity index (χ1n) is 8.25. The summed E-state index contributed by atoms with van der Waals surface area (Å²) >= 11 is 0. The third kappa shape index (κ3) is 3.00. The second-order valence-corrected chi connectivity index (χ2v) is 6.28. The number of urea groups is 1. The number of hydrogen-bond acceptors (Lipinski definition) is 5. The standard InChI is InChI=1S/C17H19FN6O/c1-22-6-8-23(9-7-22)16-19-10-12-11-20-17(25)24(15(12)21-16)14-4-2-13(18)3-5-14/h2-5,10H,6-9,11H2,1H3,(H,20,25).